The number of carbonyl (C=O) groups is 1. The summed E-state index contributed by atoms with van der Waals surface area (Å²) in [5.41, 5.74) is 2.82. The average molecular weight is 556 g/mol. The molecule has 1 aliphatic rings. The zero-order chi connectivity index (χ0) is 22.5. The van der Waals surface area contributed by atoms with Crippen LogP contribution in [0.4, 0.5) is 5.69 Å². The van der Waals surface area contributed by atoms with Gasteiger partial charge in [0.1, 0.15) is 18.1 Å². The van der Waals surface area contributed by atoms with Crippen molar-refractivity contribution in [2.45, 2.75) is 6.61 Å². The fourth-order valence-corrected chi connectivity index (χ4v) is 4.32. The molecular weight excluding hydrogens is 535 g/mol. The van der Waals surface area contributed by atoms with Crippen molar-refractivity contribution in [2.24, 2.45) is 4.99 Å². The zero-order valence-corrected chi connectivity index (χ0v) is 20.6. The van der Waals surface area contributed by atoms with Gasteiger partial charge in [-0.3, -0.25) is 9.69 Å². The molecule has 0 N–H and O–H groups in total. The third-order valence-corrected chi connectivity index (χ3v) is 6.58. The fourth-order valence-electron chi connectivity index (χ4n) is 2.98. The summed E-state index contributed by atoms with van der Waals surface area (Å²) in [5, 5.41) is 0.642. The lowest BCUT2D eigenvalue weighted by molar-refractivity contribution is -0.121. The molecule has 3 aromatic carbocycles. The average Bonchev–Trinajstić information content (AvgIpc) is 3.08. The Morgan fingerprint density at radius 3 is 2.28 bits per heavy atom. The van der Waals surface area contributed by atoms with Crippen LogP contribution in [0.25, 0.3) is 6.08 Å². The molecule has 32 heavy (non-hydrogen) atoms. The number of amidine groups is 1. The molecule has 0 saturated carbocycles. The highest BCUT2D eigenvalue weighted by Gasteiger charge is 2.30. The number of carbonyl (C=O) groups excluding carboxylic acids is 1. The Labute approximate surface area is 205 Å². The van der Waals surface area contributed by atoms with Crippen molar-refractivity contribution in [3.05, 3.63) is 92.4 Å². The minimum Gasteiger partial charge on any atom is -0.497 e. The summed E-state index contributed by atoms with van der Waals surface area (Å²) in [5.74, 6) is 1.49. The van der Waals surface area contributed by atoms with Gasteiger partial charge in [-0.05, 0) is 100 Å². The van der Waals surface area contributed by atoms with Gasteiger partial charge in [-0.15, -0.1) is 0 Å². The normalized spacial score (nSPS) is 16.1. The van der Waals surface area contributed by atoms with E-state index >= 15 is 0 Å². The third-order valence-electron chi connectivity index (χ3n) is 4.80. The number of nitrogens with zero attached hydrogens (tertiary/aromatic N) is 2. The topological polar surface area (TPSA) is 51.1 Å². The van der Waals surface area contributed by atoms with Gasteiger partial charge in [0.25, 0.3) is 5.91 Å². The molecule has 1 amide bonds. The van der Waals surface area contributed by atoms with Gasteiger partial charge in [0.2, 0.25) is 0 Å². The number of hydrogen-bond acceptors (Lipinski definition) is 5. The van der Waals surface area contributed by atoms with E-state index < -0.39 is 0 Å². The Morgan fingerprint density at radius 1 is 0.969 bits per heavy atom. The van der Waals surface area contributed by atoms with Crippen LogP contribution in [0.1, 0.15) is 11.1 Å². The second kappa shape index (κ2) is 10.2. The summed E-state index contributed by atoms with van der Waals surface area (Å²) in [4.78, 5) is 19.5. The third kappa shape index (κ3) is 5.52. The van der Waals surface area contributed by atoms with Crippen LogP contribution in [-0.4, -0.2) is 30.1 Å². The van der Waals surface area contributed by atoms with Crippen LogP contribution < -0.4 is 9.47 Å². The maximum absolute atomic E-state index is 12.7. The van der Waals surface area contributed by atoms with Gasteiger partial charge in [0, 0.05) is 10.6 Å². The Hall–Kier alpha value is -2.78. The van der Waals surface area contributed by atoms with Crippen LogP contribution in [0.2, 0.25) is 0 Å². The molecule has 3 aromatic rings. The molecule has 1 fully saturated rings. The highest BCUT2D eigenvalue weighted by Crippen LogP contribution is 2.33. The van der Waals surface area contributed by atoms with Crippen molar-refractivity contribution >= 4 is 57.2 Å². The van der Waals surface area contributed by atoms with E-state index in [-0.39, 0.29) is 5.91 Å². The van der Waals surface area contributed by atoms with Crippen LogP contribution in [0.3, 0.4) is 0 Å². The Kier molecular flexibility index (Phi) is 7.16. The number of halogens is 1. The number of aliphatic imine (C=N–C) groups is 1. The SMILES string of the molecule is COc1ccc(N=C2S/C(=C\c3ccc(OCc4ccc(I)cc4)cc3)C(=O)N2C)cc1. The minimum atomic E-state index is -0.0682. The molecule has 162 valence electrons. The molecule has 7 heteroatoms. The quantitative estimate of drug-likeness (QED) is 0.272. The Bertz CT molecular complexity index is 1160. The standard InChI is InChI=1S/C25H21IN2O3S/c1-28-24(29)23(32-25(28)27-20-9-13-21(30-2)14-10-20)15-17-5-11-22(12-6-17)31-16-18-3-7-19(26)8-4-18/h3-15H,16H2,1-2H3/b23-15-,27-25?. The number of thioether (sulfide) groups is 1. The summed E-state index contributed by atoms with van der Waals surface area (Å²) < 4.78 is 12.2. The van der Waals surface area contributed by atoms with Crippen LogP contribution in [0.15, 0.2) is 82.7 Å². The number of likely N-dealkylation sites (N-methyl/N-ethyl adjacent to an activating group) is 1. The summed E-state index contributed by atoms with van der Waals surface area (Å²) in [7, 11) is 3.36. The molecule has 1 saturated heterocycles. The van der Waals surface area contributed by atoms with Crippen LogP contribution >= 0.6 is 34.4 Å². The smallest absolute Gasteiger partial charge is 0.266 e. The molecule has 0 radical (unpaired) electrons. The number of benzene rings is 3. The Morgan fingerprint density at radius 2 is 1.62 bits per heavy atom. The second-order valence-electron chi connectivity index (χ2n) is 7.05. The van der Waals surface area contributed by atoms with Crippen LogP contribution in [0.5, 0.6) is 11.5 Å². The van der Waals surface area contributed by atoms with Crippen LogP contribution in [0, 0.1) is 3.57 Å². The van der Waals surface area contributed by atoms with Crippen molar-refractivity contribution in [3.8, 4) is 11.5 Å². The highest BCUT2D eigenvalue weighted by atomic mass is 127. The molecule has 0 spiro atoms. The predicted molar refractivity (Wildman–Crippen MR) is 138 cm³/mol. The highest BCUT2D eigenvalue weighted by molar-refractivity contribution is 14.1. The first-order chi connectivity index (χ1) is 15.5. The summed E-state index contributed by atoms with van der Waals surface area (Å²) in [6.45, 7) is 0.516. The molecule has 5 nitrogen and oxygen atoms in total. The molecule has 0 aliphatic carbocycles. The lowest BCUT2D eigenvalue weighted by Gasteiger charge is -2.07. The Balaban J connectivity index is 1.43. The number of amides is 1. The predicted octanol–water partition coefficient (Wildman–Crippen LogP) is 6.11. The van der Waals surface area contributed by atoms with Crippen molar-refractivity contribution in [1.29, 1.82) is 0 Å². The van der Waals surface area contributed by atoms with E-state index in [0.717, 1.165) is 28.3 Å². The van der Waals surface area contributed by atoms with Gasteiger partial charge in [0.15, 0.2) is 5.17 Å². The number of methoxy groups -OCH3 is 1. The zero-order valence-electron chi connectivity index (χ0n) is 17.6. The lowest BCUT2D eigenvalue weighted by atomic mass is 10.2. The number of rotatable bonds is 6. The molecule has 4 rings (SSSR count). The van der Waals surface area contributed by atoms with Crippen molar-refractivity contribution < 1.29 is 14.3 Å². The maximum Gasteiger partial charge on any atom is 0.266 e. The monoisotopic (exact) mass is 556 g/mol. The van der Waals surface area contributed by atoms with Gasteiger partial charge in [-0.2, -0.15) is 0 Å². The molecule has 0 unspecified atom stereocenters. The molecule has 0 aromatic heterocycles. The fraction of sp³-hybridized carbons (Fsp3) is 0.120. The van der Waals surface area contributed by atoms with Crippen molar-refractivity contribution in [2.75, 3.05) is 14.2 Å². The van der Waals surface area contributed by atoms with E-state index in [1.165, 1.54) is 15.3 Å². The van der Waals surface area contributed by atoms with Gasteiger partial charge in [-0.1, -0.05) is 24.3 Å². The van der Waals surface area contributed by atoms with Gasteiger partial charge < -0.3 is 9.47 Å². The molecule has 0 atom stereocenters. The van der Waals surface area contributed by atoms with Gasteiger partial charge in [0.05, 0.1) is 17.7 Å². The van der Waals surface area contributed by atoms with E-state index in [0.29, 0.717) is 16.7 Å². The van der Waals surface area contributed by atoms with Crippen molar-refractivity contribution in [1.82, 2.24) is 4.90 Å². The second-order valence-corrected chi connectivity index (χ2v) is 9.31. The first-order valence-corrected chi connectivity index (χ1v) is 11.8. The first-order valence-electron chi connectivity index (χ1n) is 9.89. The largest absolute Gasteiger partial charge is 0.497 e. The summed E-state index contributed by atoms with van der Waals surface area (Å²) >= 11 is 3.65. The van der Waals surface area contributed by atoms with E-state index in [9.17, 15) is 4.79 Å². The van der Waals surface area contributed by atoms with Crippen molar-refractivity contribution in [3.63, 3.8) is 0 Å². The maximum atomic E-state index is 12.7. The van der Waals surface area contributed by atoms with Gasteiger partial charge >= 0.3 is 0 Å². The minimum absolute atomic E-state index is 0.0682. The molecule has 0 bridgehead atoms. The van der Waals surface area contributed by atoms with E-state index in [2.05, 4.69) is 51.8 Å². The summed E-state index contributed by atoms with van der Waals surface area (Å²) in [6, 6.07) is 23.4. The molecule has 1 heterocycles. The molecular formula is C25H21IN2O3S. The number of ether oxygens (including phenoxy) is 2. The lowest BCUT2D eigenvalue weighted by Crippen LogP contribution is -2.23. The summed E-state index contributed by atoms with van der Waals surface area (Å²) in [6.07, 6.45) is 1.88. The molecule has 1 aliphatic heterocycles. The van der Waals surface area contributed by atoms with E-state index in [4.69, 9.17) is 9.47 Å². The number of hydrogen-bond donors (Lipinski definition) is 0. The van der Waals surface area contributed by atoms with Crippen LogP contribution in [-0.2, 0) is 11.4 Å². The van der Waals surface area contributed by atoms with E-state index in [1.807, 2.05) is 54.6 Å². The van der Waals surface area contributed by atoms with Gasteiger partial charge in [-0.25, -0.2) is 4.99 Å². The first kappa shape index (κ1) is 22.4. The van der Waals surface area contributed by atoms with E-state index in [1.54, 1.807) is 19.1 Å².